The molecule has 0 aliphatic carbocycles. The Morgan fingerprint density at radius 3 is 2.94 bits per heavy atom. The molecular weight excluding hydrogens is 296 g/mol. The second-order valence-electron chi connectivity index (χ2n) is 4.63. The standard InChI is InChI=1S/C13H17BrN2S/c1-9(2)7-10-8-17-13(15-10)16-12-6-4-3-5-11(12)14/h3-6,9-10H,7-8H2,1-2H3,(H,15,16). The van der Waals surface area contributed by atoms with E-state index in [4.69, 9.17) is 4.99 Å². The lowest BCUT2D eigenvalue weighted by molar-refractivity contribution is 0.529. The zero-order valence-corrected chi connectivity index (χ0v) is 12.5. The van der Waals surface area contributed by atoms with Crippen LogP contribution in [-0.4, -0.2) is 17.0 Å². The Bertz CT molecular complexity index is 418. The van der Waals surface area contributed by atoms with Gasteiger partial charge in [-0.25, -0.2) is 0 Å². The Kier molecular flexibility index (Phi) is 4.51. The summed E-state index contributed by atoms with van der Waals surface area (Å²) in [7, 11) is 0. The van der Waals surface area contributed by atoms with Gasteiger partial charge in [-0.1, -0.05) is 37.7 Å². The molecule has 17 heavy (non-hydrogen) atoms. The van der Waals surface area contributed by atoms with Gasteiger partial charge in [0.2, 0.25) is 0 Å². The fourth-order valence-electron chi connectivity index (χ4n) is 1.83. The van der Waals surface area contributed by atoms with Gasteiger partial charge in [-0.3, -0.25) is 4.99 Å². The average Bonchev–Trinajstić information content (AvgIpc) is 2.68. The smallest absolute Gasteiger partial charge is 0.161 e. The maximum atomic E-state index is 4.71. The van der Waals surface area contributed by atoms with Crippen molar-refractivity contribution in [2.75, 3.05) is 11.1 Å². The van der Waals surface area contributed by atoms with Crippen molar-refractivity contribution in [3.8, 4) is 0 Å². The molecule has 1 aromatic rings. The van der Waals surface area contributed by atoms with E-state index in [0.29, 0.717) is 12.0 Å². The maximum Gasteiger partial charge on any atom is 0.161 e. The van der Waals surface area contributed by atoms with E-state index in [1.54, 1.807) is 0 Å². The summed E-state index contributed by atoms with van der Waals surface area (Å²) >= 11 is 5.35. The Labute approximate surface area is 115 Å². The molecule has 0 bridgehead atoms. The summed E-state index contributed by atoms with van der Waals surface area (Å²) in [6.07, 6.45) is 1.17. The van der Waals surface area contributed by atoms with Gasteiger partial charge in [-0.05, 0) is 40.4 Å². The minimum absolute atomic E-state index is 0.477. The molecule has 1 N–H and O–H groups in total. The number of aliphatic imine (C=N–C) groups is 1. The lowest BCUT2D eigenvalue weighted by Crippen LogP contribution is -2.08. The number of amidine groups is 1. The highest BCUT2D eigenvalue weighted by molar-refractivity contribution is 9.10. The zero-order chi connectivity index (χ0) is 12.3. The van der Waals surface area contributed by atoms with Crippen molar-refractivity contribution < 1.29 is 0 Å². The quantitative estimate of drug-likeness (QED) is 0.895. The fraction of sp³-hybridized carbons (Fsp3) is 0.462. The monoisotopic (exact) mass is 312 g/mol. The predicted octanol–water partition coefficient (Wildman–Crippen LogP) is 4.38. The molecule has 2 nitrogen and oxygen atoms in total. The van der Waals surface area contributed by atoms with Crippen LogP contribution in [0.1, 0.15) is 20.3 Å². The van der Waals surface area contributed by atoms with Gasteiger partial charge < -0.3 is 5.32 Å². The van der Waals surface area contributed by atoms with E-state index in [1.807, 2.05) is 30.0 Å². The molecule has 2 rings (SSSR count). The molecule has 1 atom stereocenters. The molecule has 1 unspecified atom stereocenters. The van der Waals surface area contributed by atoms with Gasteiger partial charge in [0.15, 0.2) is 5.17 Å². The highest BCUT2D eigenvalue weighted by Crippen LogP contribution is 2.27. The van der Waals surface area contributed by atoms with Crippen molar-refractivity contribution in [3.63, 3.8) is 0 Å². The number of benzene rings is 1. The van der Waals surface area contributed by atoms with Crippen LogP contribution in [0, 0.1) is 5.92 Å². The summed E-state index contributed by atoms with van der Waals surface area (Å²) in [5.41, 5.74) is 1.09. The molecule has 0 spiro atoms. The van der Waals surface area contributed by atoms with Crippen LogP contribution in [0.3, 0.4) is 0 Å². The third-order valence-electron chi connectivity index (χ3n) is 2.57. The number of halogens is 1. The third-order valence-corrected chi connectivity index (χ3v) is 4.30. The third kappa shape index (κ3) is 3.75. The van der Waals surface area contributed by atoms with Crippen molar-refractivity contribution in [1.29, 1.82) is 0 Å². The number of hydrogen-bond donors (Lipinski definition) is 1. The summed E-state index contributed by atoms with van der Waals surface area (Å²) in [6.45, 7) is 4.50. The van der Waals surface area contributed by atoms with Gasteiger partial charge >= 0.3 is 0 Å². The Morgan fingerprint density at radius 1 is 1.47 bits per heavy atom. The SMILES string of the molecule is CC(C)CC1CSC(Nc2ccccc2Br)=N1. The first-order valence-electron chi connectivity index (χ1n) is 5.87. The molecule has 1 aliphatic rings. The molecule has 0 saturated heterocycles. The Hall–Kier alpha value is -0.480. The van der Waals surface area contributed by atoms with Gasteiger partial charge in [-0.15, -0.1) is 0 Å². The number of nitrogens with one attached hydrogen (secondary N) is 1. The average molecular weight is 313 g/mol. The number of anilines is 1. The Morgan fingerprint density at radius 2 is 2.24 bits per heavy atom. The summed E-state index contributed by atoms with van der Waals surface area (Å²) in [5, 5.41) is 4.42. The molecular formula is C13H17BrN2S. The number of thioether (sulfide) groups is 1. The van der Waals surface area contributed by atoms with E-state index in [9.17, 15) is 0 Å². The van der Waals surface area contributed by atoms with Crippen molar-refractivity contribution in [2.45, 2.75) is 26.3 Å². The number of rotatable bonds is 3. The van der Waals surface area contributed by atoms with Crippen molar-refractivity contribution in [2.24, 2.45) is 10.9 Å². The van der Waals surface area contributed by atoms with E-state index >= 15 is 0 Å². The Balaban J connectivity index is 1.99. The first-order chi connectivity index (χ1) is 8.15. The van der Waals surface area contributed by atoms with Crippen molar-refractivity contribution in [1.82, 2.24) is 0 Å². The molecule has 0 amide bonds. The molecule has 0 saturated carbocycles. The van der Waals surface area contributed by atoms with Crippen molar-refractivity contribution >= 4 is 38.5 Å². The minimum atomic E-state index is 0.477. The fourth-order valence-corrected chi connectivity index (χ4v) is 3.18. The summed E-state index contributed by atoms with van der Waals surface area (Å²) < 4.78 is 1.08. The van der Waals surface area contributed by atoms with Crippen molar-refractivity contribution in [3.05, 3.63) is 28.7 Å². The van der Waals surface area contributed by atoms with Crippen LogP contribution < -0.4 is 5.32 Å². The lowest BCUT2D eigenvalue weighted by Gasteiger charge is -2.08. The summed E-state index contributed by atoms with van der Waals surface area (Å²) in [6, 6.07) is 8.61. The summed E-state index contributed by atoms with van der Waals surface area (Å²) in [5.74, 6) is 1.82. The number of nitrogens with zero attached hydrogens (tertiary/aromatic N) is 1. The van der Waals surface area contributed by atoms with E-state index in [0.717, 1.165) is 21.1 Å². The van der Waals surface area contributed by atoms with E-state index < -0.39 is 0 Å². The van der Waals surface area contributed by atoms with E-state index in [2.05, 4.69) is 41.2 Å². The maximum absolute atomic E-state index is 4.71. The van der Waals surface area contributed by atoms with Crippen LogP contribution in [0.15, 0.2) is 33.7 Å². The normalized spacial score (nSPS) is 19.5. The molecule has 0 radical (unpaired) electrons. The predicted molar refractivity (Wildman–Crippen MR) is 80.9 cm³/mol. The molecule has 0 aromatic heterocycles. The molecule has 0 fully saturated rings. The number of para-hydroxylation sites is 1. The van der Waals surface area contributed by atoms with Gasteiger partial charge in [0.25, 0.3) is 0 Å². The van der Waals surface area contributed by atoms with Crippen LogP contribution in [0.4, 0.5) is 5.69 Å². The van der Waals surface area contributed by atoms with Crippen LogP contribution in [0.25, 0.3) is 0 Å². The second kappa shape index (κ2) is 5.91. The highest BCUT2D eigenvalue weighted by Gasteiger charge is 2.19. The molecule has 1 heterocycles. The topological polar surface area (TPSA) is 24.4 Å². The van der Waals surface area contributed by atoms with Crippen LogP contribution in [0.2, 0.25) is 0 Å². The molecule has 1 aromatic carbocycles. The van der Waals surface area contributed by atoms with Crippen LogP contribution >= 0.6 is 27.7 Å². The second-order valence-corrected chi connectivity index (χ2v) is 6.50. The van der Waals surface area contributed by atoms with Gasteiger partial charge in [0.05, 0.1) is 11.7 Å². The molecule has 92 valence electrons. The van der Waals surface area contributed by atoms with Crippen LogP contribution in [-0.2, 0) is 0 Å². The van der Waals surface area contributed by atoms with Crippen LogP contribution in [0.5, 0.6) is 0 Å². The lowest BCUT2D eigenvalue weighted by atomic mass is 10.1. The summed E-state index contributed by atoms with van der Waals surface area (Å²) in [4.78, 5) is 4.71. The van der Waals surface area contributed by atoms with Gasteiger partial charge in [0.1, 0.15) is 0 Å². The first-order valence-corrected chi connectivity index (χ1v) is 7.65. The zero-order valence-electron chi connectivity index (χ0n) is 10.1. The first kappa shape index (κ1) is 13.0. The van der Waals surface area contributed by atoms with E-state index in [1.165, 1.54) is 6.42 Å². The van der Waals surface area contributed by atoms with Gasteiger partial charge in [0, 0.05) is 10.2 Å². The van der Waals surface area contributed by atoms with Gasteiger partial charge in [-0.2, -0.15) is 0 Å². The molecule has 1 aliphatic heterocycles. The van der Waals surface area contributed by atoms with E-state index in [-0.39, 0.29) is 0 Å². The minimum Gasteiger partial charge on any atom is -0.334 e. The molecule has 4 heteroatoms. The number of hydrogen-bond acceptors (Lipinski definition) is 3. The highest BCUT2D eigenvalue weighted by atomic mass is 79.9. The largest absolute Gasteiger partial charge is 0.334 e.